The largest absolute Gasteiger partial charge is 0.455 e. The van der Waals surface area contributed by atoms with E-state index in [9.17, 15) is 18.8 Å². The normalized spacial score (nSPS) is 16.2. The highest BCUT2D eigenvalue weighted by atomic mass is 19.1. The van der Waals surface area contributed by atoms with Crippen molar-refractivity contribution < 1.29 is 23.5 Å². The monoisotopic (exact) mass is 384 g/mol. The van der Waals surface area contributed by atoms with E-state index in [1.165, 1.54) is 18.2 Å². The molecule has 0 aromatic heterocycles. The van der Waals surface area contributed by atoms with Crippen LogP contribution in [0.4, 0.5) is 15.8 Å². The van der Waals surface area contributed by atoms with Gasteiger partial charge in [0.2, 0.25) is 5.91 Å². The van der Waals surface area contributed by atoms with Gasteiger partial charge in [0.05, 0.1) is 5.92 Å². The lowest BCUT2D eigenvalue weighted by Crippen LogP contribution is -2.28. The first-order valence-electron chi connectivity index (χ1n) is 8.94. The Morgan fingerprint density at radius 1 is 1.21 bits per heavy atom. The Balaban J connectivity index is 1.56. The van der Waals surface area contributed by atoms with Gasteiger partial charge in [-0.25, -0.2) is 4.39 Å². The van der Waals surface area contributed by atoms with Crippen LogP contribution in [-0.2, 0) is 19.1 Å². The minimum atomic E-state index is -0.630. The van der Waals surface area contributed by atoms with Crippen LogP contribution in [0.5, 0.6) is 0 Å². The third-order valence-corrected chi connectivity index (χ3v) is 4.78. The maximum absolute atomic E-state index is 13.1. The summed E-state index contributed by atoms with van der Waals surface area (Å²) in [5.41, 5.74) is 3.10. The summed E-state index contributed by atoms with van der Waals surface area (Å²) in [6.45, 7) is 3.61. The summed E-state index contributed by atoms with van der Waals surface area (Å²) in [6.07, 6.45) is 0.0394. The molecule has 0 spiro atoms. The van der Waals surface area contributed by atoms with Gasteiger partial charge in [-0.1, -0.05) is 18.2 Å². The van der Waals surface area contributed by atoms with Crippen LogP contribution in [0.15, 0.2) is 42.5 Å². The number of carbonyl (C=O) groups excluding carboxylic acids is 3. The molecule has 1 heterocycles. The molecule has 0 unspecified atom stereocenters. The highest BCUT2D eigenvalue weighted by molar-refractivity contribution is 6.00. The third kappa shape index (κ3) is 4.36. The van der Waals surface area contributed by atoms with Crippen LogP contribution in [0, 0.1) is 25.6 Å². The van der Waals surface area contributed by atoms with Crippen molar-refractivity contribution in [1.29, 1.82) is 0 Å². The average Bonchev–Trinajstić information content (AvgIpc) is 3.04. The van der Waals surface area contributed by atoms with Crippen molar-refractivity contribution in [2.24, 2.45) is 5.92 Å². The van der Waals surface area contributed by atoms with E-state index in [0.717, 1.165) is 22.9 Å². The van der Waals surface area contributed by atoms with Crippen molar-refractivity contribution in [3.05, 3.63) is 59.4 Å². The minimum absolute atomic E-state index is 0.0394. The lowest BCUT2D eigenvalue weighted by atomic mass is 10.1. The molecule has 7 heteroatoms. The molecule has 6 nitrogen and oxygen atoms in total. The van der Waals surface area contributed by atoms with Crippen molar-refractivity contribution in [1.82, 2.24) is 0 Å². The van der Waals surface area contributed by atoms with E-state index in [2.05, 4.69) is 5.32 Å². The molecule has 2 amide bonds. The number of amides is 2. The van der Waals surface area contributed by atoms with Crippen LogP contribution in [0.2, 0.25) is 0 Å². The number of rotatable bonds is 5. The number of hydrogen-bond acceptors (Lipinski definition) is 4. The summed E-state index contributed by atoms with van der Waals surface area (Å²) < 4.78 is 18.2. The predicted octanol–water partition coefficient (Wildman–Crippen LogP) is 2.98. The summed E-state index contributed by atoms with van der Waals surface area (Å²) in [4.78, 5) is 38.1. The standard InChI is InChI=1S/C21H21FN2O4/c1-13-5-3-8-18(14(13)2)24-11-15(9-20(24)26)21(27)28-12-19(25)23-17-7-4-6-16(22)10-17/h3-8,10,15H,9,11-12H2,1-2H3,(H,23,25)/t15-/m1/s1. The molecule has 0 bridgehead atoms. The van der Waals surface area contributed by atoms with Crippen molar-refractivity contribution in [2.45, 2.75) is 20.3 Å². The van der Waals surface area contributed by atoms with Crippen molar-refractivity contribution in [2.75, 3.05) is 23.4 Å². The topological polar surface area (TPSA) is 75.7 Å². The van der Waals surface area contributed by atoms with Gasteiger partial charge < -0.3 is 15.0 Å². The van der Waals surface area contributed by atoms with Gasteiger partial charge in [-0.2, -0.15) is 0 Å². The second-order valence-corrected chi connectivity index (χ2v) is 6.79. The molecule has 2 aromatic carbocycles. The zero-order valence-electron chi connectivity index (χ0n) is 15.7. The Morgan fingerprint density at radius 2 is 1.96 bits per heavy atom. The minimum Gasteiger partial charge on any atom is -0.455 e. The third-order valence-electron chi connectivity index (χ3n) is 4.78. The molecule has 2 aromatic rings. The first kappa shape index (κ1) is 19.5. The number of nitrogens with one attached hydrogen (secondary N) is 1. The van der Waals surface area contributed by atoms with Gasteiger partial charge >= 0.3 is 5.97 Å². The molecule has 28 heavy (non-hydrogen) atoms. The number of hydrogen-bond donors (Lipinski definition) is 1. The Hall–Kier alpha value is -3.22. The number of anilines is 2. The molecule has 1 N–H and O–H groups in total. The zero-order valence-corrected chi connectivity index (χ0v) is 15.7. The predicted molar refractivity (Wildman–Crippen MR) is 102 cm³/mol. The van der Waals surface area contributed by atoms with Crippen LogP contribution in [0.25, 0.3) is 0 Å². The van der Waals surface area contributed by atoms with E-state index >= 15 is 0 Å². The number of aryl methyl sites for hydroxylation is 1. The van der Waals surface area contributed by atoms with Crippen LogP contribution >= 0.6 is 0 Å². The summed E-state index contributed by atoms with van der Waals surface area (Å²) in [6, 6.07) is 11.1. The number of halogens is 1. The van der Waals surface area contributed by atoms with Gasteiger partial charge in [0.15, 0.2) is 6.61 Å². The fraction of sp³-hybridized carbons (Fsp3) is 0.286. The highest BCUT2D eigenvalue weighted by Crippen LogP contribution is 2.29. The first-order valence-corrected chi connectivity index (χ1v) is 8.94. The summed E-state index contributed by atoms with van der Waals surface area (Å²) in [7, 11) is 0. The lowest BCUT2D eigenvalue weighted by molar-refractivity contribution is -0.151. The molecular weight excluding hydrogens is 363 g/mol. The van der Waals surface area contributed by atoms with Gasteiger partial charge in [-0.3, -0.25) is 14.4 Å². The van der Waals surface area contributed by atoms with E-state index in [0.29, 0.717) is 0 Å². The van der Waals surface area contributed by atoms with Gasteiger partial charge in [0, 0.05) is 24.3 Å². The highest BCUT2D eigenvalue weighted by Gasteiger charge is 2.37. The molecule has 0 saturated carbocycles. The molecule has 1 fully saturated rings. The molecular formula is C21H21FN2O4. The smallest absolute Gasteiger partial charge is 0.311 e. The van der Waals surface area contributed by atoms with Gasteiger partial charge in [-0.05, 0) is 49.2 Å². The number of nitrogens with zero attached hydrogens (tertiary/aromatic N) is 1. The molecule has 0 radical (unpaired) electrons. The van der Waals surface area contributed by atoms with Crippen LogP contribution in [0.3, 0.4) is 0 Å². The Morgan fingerprint density at radius 3 is 2.71 bits per heavy atom. The quantitative estimate of drug-likeness (QED) is 0.804. The molecule has 1 aliphatic heterocycles. The van der Waals surface area contributed by atoms with Crippen molar-refractivity contribution >= 4 is 29.2 Å². The number of ether oxygens (including phenoxy) is 1. The second-order valence-electron chi connectivity index (χ2n) is 6.79. The van der Waals surface area contributed by atoms with E-state index in [4.69, 9.17) is 4.74 Å². The Bertz CT molecular complexity index is 928. The molecule has 0 aliphatic carbocycles. The molecule has 146 valence electrons. The molecule has 3 rings (SSSR count). The fourth-order valence-corrected chi connectivity index (χ4v) is 3.14. The van der Waals surface area contributed by atoms with Crippen LogP contribution in [0.1, 0.15) is 17.5 Å². The molecule has 1 saturated heterocycles. The van der Waals surface area contributed by atoms with E-state index in [1.54, 1.807) is 4.90 Å². The summed E-state index contributed by atoms with van der Waals surface area (Å²) >= 11 is 0. The lowest BCUT2D eigenvalue weighted by Gasteiger charge is -2.20. The summed E-state index contributed by atoms with van der Waals surface area (Å²) in [5, 5.41) is 2.45. The van der Waals surface area contributed by atoms with E-state index < -0.39 is 30.2 Å². The Labute approximate surface area is 162 Å². The zero-order chi connectivity index (χ0) is 20.3. The summed E-state index contributed by atoms with van der Waals surface area (Å²) in [5.74, 6) is -2.44. The maximum atomic E-state index is 13.1. The second kappa shape index (κ2) is 8.21. The number of benzene rings is 2. The van der Waals surface area contributed by atoms with Crippen molar-refractivity contribution in [3.8, 4) is 0 Å². The fourth-order valence-electron chi connectivity index (χ4n) is 3.14. The maximum Gasteiger partial charge on any atom is 0.311 e. The average molecular weight is 384 g/mol. The number of esters is 1. The Kier molecular flexibility index (Phi) is 5.73. The van der Waals surface area contributed by atoms with Crippen molar-refractivity contribution in [3.63, 3.8) is 0 Å². The van der Waals surface area contributed by atoms with Crippen LogP contribution < -0.4 is 10.2 Å². The molecule has 1 aliphatic rings. The van der Waals surface area contributed by atoms with Gasteiger partial charge in [0.1, 0.15) is 5.82 Å². The van der Waals surface area contributed by atoms with Crippen LogP contribution in [-0.4, -0.2) is 30.9 Å². The van der Waals surface area contributed by atoms with Gasteiger partial charge in [-0.15, -0.1) is 0 Å². The first-order chi connectivity index (χ1) is 13.3. The van der Waals surface area contributed by atoms with E-state index in [-0.39, 0.29) is 24.6 Å². The molecule has 1 atom stereocenters. The van der Waals surface area contributed by atoms with Gasteiger partial charge in [0.25, 0.3) is 5.91 Å². The number of carbonyl (C=O) groups is 3. The van der Waals surface area contributed by atoms with E-state index in [1.807, 2.05) is 32.0 Å². The SMILES string of the molecule is Cc1cccc(N2C[C@H](C(=O)OCC(=O)Nc3cccc(F)c3)CC2=O)c1C.